The van der Waals surface area contributed by atoms with E-state index in [1.54, 1.807) is 0 Å². The molecule has 5 heteroatoms. The van der Waals surface area contributed by atoms with Crippen LogP contribution in [0.2, 0.25) is 5.02 Å². The molecule has 1 aliphatic heterocycles. The number of nitrogens with one attached hydrogen (secondary N) is 1. The van der Waals surface area contributed by atoms with Gasteiger partial charge >= 0.3 is 0 Å². The molecule has 1 aliphatic rings. The molecule has 0 amide bonds. The largest absolute Gasteiger partial charge is 0.379 e. The number of nitrogens with zero attached hydrogens (tertiary/aromatic N) is 1. The van der Waals surface area contributed by atoms with E-state index < -0.39 is 0 Å². The Balaban J connectivity index is 2.33. The van der Waals surface area contributed by atoms with Crippen LogP contribution in [-0.2, 0) is 4.74 Å². The SMILES string of the molecule is CCC(C)(C(NN)c1ccc(C)c(Cl)c1)N1CCOCC1. The van der Waals surface area contributed by atoms with Gasteiger partial charge in [0.25, 0.3) is 0 Å². The average molecular weight is 312 g/mol. The summed E-state index contributed by atoms with van der Waals surface area (Å²) in [6, 6.07) is 6.21. The molecule has 21 heavy (non-hydrogen) atoms. The highest BCUT2D eigenvalue weighted by atomic mass is 35.5. The van der Waals surface area contributed by atoms with Crippen LogP contribution in [-0.4, -0.2) is 36.7 Å². The summed E-state index contributed by atoms with van der Waals surface area (Å²) in [4.78, 5) is 2.47. The Kier molecular flexibility index (Phi) is 5.63. The number of morpholine rings is 1. The number of rotatable bonds is 5. The first-order chi connectivity index (χ1) is 10.0. The van der Waals surface area contributed by atoms with E-state index >= 15 is 0 Å². The van der Waals surface area contributed by atoms with Gasteiger partial charge in [-0.25, -0.2) is 0 Å². The molecule has 118 valence electrons. The molecular weight excluding hydrogens is 286 g/mol. The highest BCUT2D eigenvalue weighted by Gasteiger charge is 2.39. The lowest BCUT2D eigenvalue weighted by Crippen LogP contribution is -2.58. The lowest BCUT2D eigenvalue weighted by atomic mass is 9.82. The molecule has 1 heterocycles. The van der Waals surface area contributed by atoms with Crippen LogP contribution in [0.3, 0.4) is 0 Å². The maximum absolute atomic E-state index is 6.29. The number of hydrogen-bond acceptors (Lipinski definition) is 4. The number of halogens is 1. The smallest absolute Gasteiger partial charge is 0.0641 e. The van der Waals surface area contributed by atoms with Crippen LogP contribution in [0.15, 0.2) is 18.2 Å². The van der Waals surface area contributed by atoms with Crippen LogP contribution < -0.4 is 11.3 Å². The monoisotopic (exact) mass is 311 g/mol. The summed E-state index contributed by atoms with van der Waals surface area (Å²) in [6.45, 7) is 9.90. The van der Waals surface area contributed by atoms with Crippen molar-refractivity contribution in [2.45, 2.75) is 38.8 Å². The van der Waals surface area contributed by atoms with Crippen molar-refractivity contribution in [2.24, 2.45) is 5.84 Å². The van der Waals surface area contributed by atoms with E-state index in [-0.39, 0.29) is 11.6 Å². The minimum Gasteiger partial charge on any atom is -0.379 e. The van der Waals surface area contributed by atoms with Crippen LogP contribution in [0.25, 0.3) is 0 Å². The molecule has 0 radical (unpaired) electrons. The van der Waals surface area contributed by atoms with Gasteiger partial charge in [-0.15, -0.1) is 0 Å². The molecule has 0 aromatic heterocycles. The summed E-state index contributed by atoms with van der Waals surface area (Å²) < 4.78 is 5.48. The van der Waals surface area contributed by atoms with Gasteiger partial charge < -0.3 is 4.74 Å². The lowest BCUT2D eigenvalue weighted by molar-refractivity contribution is -0.0329. The molecule has 0 bridgehead atoms. The predicted octanol–water partition coefficient (Wildman–Crippen LogP) is 2.65. The van der Waals surface area contributed by atoms with Gasteiger partial charge in [-0.05, 0) is 37.5 Å². The Bertz CT molecular complexity index is 477. The molecule has 1 saturated heterocycles. The van der Waals surface area contributed by atoms with E-state index in [4.69, 9.17) is 22.2 Å². The standard InChI is InChI=1S/C16H26ClN3O/c1-4-16(3,20-7-9-21-10-8-20)15(19-18)13-6-5-12(2)14(17)11-13/h5-6,11,15,19H,4,7-10,18H2,1-3H3. The Hall–Kier alpha value is -0.650. The molecule has 2 atom stereocenters. The van der Waals surface area contributed by atoms with Crippen molar-refractivity contribution in [3.63, 3.8) is 0 Å². The van der Waals surface area contributed by atoms with Gasteiger partial charge in [-0.1, -0.05) is 30.7 Å². The van der Waals surface area contributed by atoms with E-state index in [0.717, 1.165) is 48.9 Å². The molecule has 0 spiro atoms. The Morgan fingerprint density at radius 3 is 2.62 bits per heavy atom. The summed E-state index contributed by atoms with van der Waals surface area (Å²) in [7, 11) is 0. The van der Waals surface area contributed by atoms with E-state index in [2.05, 4.69) is 36.3 Å². The molecule has 1 aromatic rings. The van der Waals surface area contributed by atoms with Crippen molar-refractivity contribution in [2.75, 3.05) is 26.3 Å². The fraction of sp³-hybridized carbons (Fsp3) is 0.625. The number of hydrazine groups is 1. The van der Waals surface area contributed by atoms with Gasteiger partial charge in [0, 0.05) is 23.7 Å². The van der Waals surface area contributed by atoms with Crippen LogP contribution in [0.1, 0.15) is 37.4 Å². The molecule has 1 fully saturated rings. The van der Waals surface area contributed by atoms with Crippen LogP contribution in [0.4, 0.5) is 0 Å². The highest BCUT2D eigenvalue weighted by Crippen LogP contribution is 2.35. The van der Waals surface area contributed by atoms with E-state index in [9.17, 15) is 0 Å². The van der Waals surface area contributed by atoms with Gasteiger partial charge in [0.05, 0.1) is 19.3 Å². The Morgan fingerprint density at radius 2 is 2.10 bits per heavy atom. The fourth-order valence-corrected chi connectivity index (χ4v) is 3.30. The molecule has 1 aromatic carbocycles. The molecule has 3 N–H and O–H groups in total. The first-order valence-electron chi connectivity index (χ1n) is 7.58. The predicted molar refractivity (Wildman–Crippen MR) is 87.3 cm³/mol. The summed E-state index contributed by atoms with van der Waals surface area (Å²) in [5.74, 6) is 5.91. The van der Waals surface area contributed by atoms with Crippen LogP contribution in [0, 0.1) is 6.92 Å². The zero-order chi connectivity index (χ0) is 15.5. The minimum atomic E-state index is -0.0723. The summed E-state index contributed by atoms with van der Waals surface area (Å²) >= 11 is 6.29. The van der Waals surface area contributed by atoms with Gasteiger partial charge in [-0.3, -0.25) is 16.2 Å². The number of hydrogen-bond donors (Lipinski definition) is 2. The zero-order valence-electron chi connectivity index (χ0n) is 13.2. The third-order valence-corrected chi connectivity index (χ3v) is 5.17. The summed E-state index contributed by atoms with van der Waals surface area (Å²) in [5.41, 5.74) is 5.15. The summed E-state index contributed by atoms with van der Waals surface area (Å²) in [5, 5.41) is 0.785. The Morgan fingerprint density at radius 1 is 1.43 bits per heavy atom. The molecular formula is C16H26ClN3O. The van der Waals surface area contributed by atoms with Crippen molar-refractivity contribution < 1.29 is 4.74 Å². The second kappa shape index (κ2) is 7.07. The highest BCUT2D eigenvalue weighted by molar-refractivity contribution is 6.31. The molecule has 4 nitrogen and oxygen atoms in total. The second-order valence-corrected chi connectivity index (χ2v) is 6.33. The summed E-state index contributed by atoms with van der Waals surface area (Å²) in [6.07, 6.45) is 0.993. The number of benzene rings is 1. The van der Waals surface area contributed by atoms with E-state index in [0.29, 0.717) is 0 Å². The van der Waals surface area contributed by atoms with E-state index in [1.165, 1.54) is 0 Å². The van der Waals surface area contributed by atoms with Gasteiger partial charge in [0.2, 0.25) is 0 Å². The van der Waals surface area contributed by atoms with Gasteiger partial charge in [-0.2, -0.15) is 0 Å². The minimum absolute atomic E-state index is 0.0266. The van der Waals surface area contributed by atoms with Crippen LogP contribution >= 0.6 is 11.6 Å². The van der Waals surface area contributed by atoms with Crippen molar-refractivity contribution in [1.82, 2.24) is 10.3 Å². The third-order valence-electron chi connectivity index (χ3n) is 4.77. The maximum Gasteiger partial charge on any atom is 0.0641 e. The normalized spacial score (nSPS) is 21.0. The second-order valence-electron chi connectivity index (χ2n) is 5.92. The van der Waals surface area contributed by atoms with Gasteiger partial charge in [0.15, 0.2) is 0 Å². The van der Waals surface area contributed by atoms with E-state index in [1.807, 2.05) is 13.0 Å². The first-order valence-corrected chi connectivity index (χ1v) is 7.95. The maximum atomic E-state index is 6.29. The van der Waals surface area contributed by atoms with Crippen molar-refractivity contribution in [1.29, 1.82) is 0 Å². The lowest BCUT2D eigenvalue weighted by Gasteiger charge is -2.47. The fourth-order valence-electron chi connectivity index (χ4n) is 3.11. The molecule has 0 saturated carbocycles. The third kappa shape index (κ3) is 3.41. The number of aryl methyl sites for hydroxylation is 1. The van der Waals surface area contributed by atoms with Crippen molar-refractivity contribution >= 4 is 11.6 Å². The molecule has 0 aliphatic carbocycles. The molecule has 2 unspecified atom stereocenters. The number of ether oxygens (including phenoxy) is 1. The zero-order valence-corrected chi connectivity index (χ0v) is 13.9. The Labute approximate surface area is 132 Å². The van der Waals surface area contributed by atoms with Crippen LogP contribution in [0.5, 0.6) is 0 Å². The first kappa shape index (κ1) is 16.7. The molecule has 2 rings (SSSR count). The average Bonchev–Trinajstić information content (AvgIpc) is 2.52. The topological polar surface area (TPSA) is 50.5 Å². The quantitative estimate of drug-likeness (QED) is 0.648. The van der Waals surface area contributed by atoms with Crippen molar-refractivity contribution in [3.05, 3.63) is 34.3 Å². The van der Waals surface area contributed by atoms with Gasteiger partial charge in [0.1, 0.15) is 0 Å². The number of nitrogens with two attached hydrogens (primary N) is 1. The van der Waals surface area contributed by atoms with Crippen molar-refractivity contribution in [3.8, 4) is 0 Å².